The first-order valence-electron chi connectivity index (χ1n) is 6.29. The second-order valence-corrected chi connectivity index (χ2v) is 4.83. The van der Waals surface area contributed by atoms with Crippen LogP contribution in [0.15, 0.2) is 18.2 Å². The van der Waals surface area contributed by atoms with E-state index in [9.17, 15) is 4.79 Å². The first kappa shape index (κ1) is 12.9. The highest BCUT2D eigenvalue weighted by Gasteiger charge is 2.20. The molecule has 0 aliphatic carbocycles. The molecule has 1 aromatic rings. The summed E-state index contributed by atoms with van der Waals surface area (Å²) in [5.74, 6) is -0.878. The summed E-state index contributed by atoms with van der Waals surface area (Å²) < 4.78 is 5.50. The zero-order valence-corrected chi connectivity index (χ0v) is 10.8. The van der Waals surface area contributed by atoms with Crippen LogP contribution in [-0.4, -0.2) is 29.8 Å². The van der Waals surface area contributed by atoms with Crippen LogP contribution in [-0.2, 0) is 4.74 Å². The first-order valence-corrected chi connectivity index (χ1v) is 6.29. The predicted molar refractivity (Wildman–Crippen MR) is 70.2 cm³/mol. The molecular formula is C14H19NO3. The summed E-state index contributed by atoms with van der Waals surface area (Å²) in [6.07, 6.45) is 2.18. The Bertz CT molecular complexity index is 445. The molecule has 18 heavy (non-hydrogen) atoms. The fourth-order valence-corrected chi connectivity index (χ4v) is 2.37. The zero-order valence-electron chi connectivity index (χ0n) is 10.8. The van der Waals surface area contributed by atoms with Gasteiger partial charge >= 0.3 is 5.97 Å². The van der Waals surface area contributed by atoms with E-state index in [4.69, 9.17) is 9.84 Å². The van der Waals surface area contributed by atoms with Gasteiger partial charge in [0, 0.05) is 18.3 Å². The van der Waals surface area contributed by atoms with Crippen LogP contribution in [0.5, 0.6) is 0 Å². The van der Waals surface area contributed by atoms with Crippen molar-refractivity contribution in [2.45, 2.75) is 38.8 Å². The third-order valence-electron chi connectivity index (χ3n) is 3.41. The fraction of sp³-hybridized carbons (Fsp3) is 0.500. The number of benzene rings is 1. The van der Waals surface area contributed by atoms with Gasteiger partial charge in [-0.25, -0.2) is 4.79 Å². The standard InChI is InChI=1S/C14H19NO3/c1-9-8-11(6-7-18-9)15-13-5-3-4-12(10(13)2)14(16)17/h3-5,9,11,15H,6-8H2,1-2H3,(H,16,17). The maximum Gasteiger partial charge on any atom is 0.336 e. The molecule has 1 heterocycles. The molecule has 2 rings (SSSR count). The molecule has 1 aliphatic heterocycles. The molecule has 2 unspecified atom stereocenters. The van der Waals surface area contributed by atoms with Crippen LogP contribution in [0.2, 0.25) is 0 Å². The summed E-state index contributed by atoms with van der Waals surface area (Å²) in [4.78, 5) is 11.1. The van der Waals surface area contributed by atoms with Gasteiger partial charge in [0.2, 0.25) is 0 Å². The molecule has 2 atom stereocenters. The number of carboxylic acids is 1. The number of carboxylic acid groups (broad SMARTS) is 1. The smallest absolute Gasteiger partial charge is 0.336 e. The molecule has 0 aromatic heterocycles. The van der Waals surface area contributed by atoms with E-state index >= 15 is 0 Å². The minimum Gasteiger partial charge on any atom is -0.478 e. The second kappa shape index (κ2) is 5.40. The molecule has 0 bridgehead atoms. The lowest BCUT2D eigenvalue weighted by atomic mass is 10.0. The number of hydrogen-bond acceptors (Lipinski definition) is 3. The highest BCUT2D eigenvalue weighted by molar-refractivity contribution is 5.91. The van der Waals surface area contributed by atoms with Gasteiger partial charge in [-0.3, -0.25) is 0 Å². The second-order valence-electron chi connectivity index (χ2n) is 4.83. The van der Waals surface area contributed by atoms with E-state index in [0.29, 0.717) is 11.6 Å². The highest BCUT2D eigenvalue weighted by Crippen LogP contribution is 2.23. The molecule has 0 amide bonds. The van der Waals surface area contributed by atoms with E-state index in [1.807, 2.05) is 13.0 Å². The van der Waals surface area contributed by atoms with Crippen molar-refractivity contribution in [3.63, 3.8) is 0 Å². The summed E-state index contributed by atoms with van der Waals surface area (Å²) in [5.41, 5.74) is 2.07. The van der Waals surface area contributed by atoms with Gasteiger partial charge in [-0.1, -0.05) is 6.07 Å². The summed E-state index contributed by atoms with van der Waals surface area (Å²) in [7, 11) is 0. The van der Waals surface area contributed by atoms with Crippen LogP contribution in [0.25, 0.3) is 0 Å². The Morgan fingerprint density at radius 1 is 1.50 bits per heavy atom. The Labute approximate surface area is 107 Å². The zero-order chi connectivity index (χ0) is 13.1. The van der Waals surface area contributed by atoms with Crippen molar-refractivity contribution in [2.75, 3.05) is 11.9 Å². The van der Waals surface area contributed by atoms with Gasteiger partial charge < -0.3 is 15.2 Å². The van der Waals surface area contributed by atoms with E-state index in [1.54, 1.807) is 12.1 Å². The van der Waals surface area contributed by atoms with Crippen LogP contribution >= 0.6 is 0 Å². The summed E-state index contributed by atoms with van der Waals surface area (Å²) >= 11 is 0. The molecule has 4 heteroatoms. The minimum atomic E-state index is -0.878. The Morgan fingerprint density at radius 2 is 2.28 bits per heavy atom. The van der Waals surface area contributed by atoms with Gasteiger partial charge in [0.05, 0.1) is 11.7 Å². The van der Waals surface area contributed by atoms with Crippen molar-refractivity contribution >= 4 is 11.7 Å². The minimum absolute atomic E-state index is 0.263. The molecule has 1 aromatic carbocycles. The van der Waals surface area contributed by atoms with E-state index < -0.39 is 5.97 Å². The molecule has 1 aliphatic rings. The summed E-state index contributed by atoms with van der Waals surface area (Å²) in [6.45, 7) is 4.67. The molecule has 0 spiro atoms. The number of ether oxygens (including phenoxy) is 1. The lowest BCUT2D eigenvalue weighted by molar-refractivity contribution is 0.0232. The number of hydrogen-bond donors (Lipinski definition) is 2. The highest BCUT2D eigenvalue weighted by atomic mass is 16.5. The van der Waals surface area contributed by atoms with Crippen molar-refractivity contribution in [3.8, 4) is 0 Å². The van der Waals surface area contributed by atoms with Crippen LogP contribution in [0.1, 0.15) is 35.7 Å². The SMILES string of the molecule is Cc1c(NC2CCOC(C)C2)cccc1C(=O)O. The number of anilines is 1. The van der Waals surface area contributed by atoms with Crippen LogP contribution in [0.3, 0.4) is 0 Å². The lowest BCUT2D eigenvalue weighted by Crippen LogP contribution is -2.32. The maximum absolute atomic E-state index is 11.1. The quantitative estimate of drug-likeness (QED) is 0.864. The topological polar surface area (TPSA) is 58.6 Å². The molecule has 4 nitrogen and oxygen atoms in total. The molecule has 0 saturated carbocycles. The molecule has 0 radical (unpaired) electrons. The maximum atomic E-state index is 11.1. The molecule has 1 fully saturated rings. The Morgan fingerprint density at radius 3 is 2.94 bits per heavy atom. The third kappa shape index (κ3) is 2.82. The van der Waals surface area contributed by atoms with E-state index in [2.05, 4.69) is 12.2 Å². The Balaban J connectivity index is 2.14. The van der Waals surface area contributed by atoms with Gasteiger partial charge in [0.15, 0.2) is 0 Å². The van der Waals surface area contributed by atoms with Crippen molar-refractivity contribution in [2.24, 2.45) is 0 Å². The van der Waals surface area contributed by atoms with Gasteiger partial charge in [-0.2, -0.15) is 0 Å². The van der Waals surface area contributed by atoms with E-state index in [0.717, 1.165) is 30.7 Å². The normalized spacial score (nSPS) is 23.7. The lowest BCUT2D eigenvalue weighted by Gasteiger charge is -2.29. The monoisotopic (exact) mass is 249 g/mol. The summed E-state index contributed by atoms with van der Waals surface area (Å²) in [5, 5.41) is 12.5. The predicted octanol–water partition coefficient (Wildman–Crippen LogP) is 2.67. The van der Waals surface area contributed by atoms with Gasteiger partial charge in [-0.15, -0.1) is 0 Å². The number of carbonyl (C=O) groups is 1. The fourth-order valence-electron chi connectivity index (χ4n) is 2.37. The number of nitrogens with one attached hydrogen (secondary N) is 1. The molecule has 98 valence electrons. The van der Waals surface area contributed by atoms with Gasteiger partial charge in [-0.05, 0) is 44.4 Å². The van der Waals surface area contributed by atoms with Crippen LogP contribution < -0.4 is 5.32 Å². The van der Waals surface area contributed by atoms with Gasteiger partial charge in [0.25, 0.3) is 0 Å². The Kier molecular flexibility index (Phi) is 3.87. The molecule has 2 N–H and O–H groups in total. The number of rotatable bonds is 3. The largest absolute Gasteiger partial charge is 0.478 e. The first-order chi connectivity index (χ1) is 8.58. The third-order valence-corrected chi connectivity index (χ3v) is 3.41. The van der Waals surface area contributed by atoms with Crippen molar-refractivity contribution in [1.29, 1.82) is 0 Å². The summed E-state index contributed by atoms with van der Waals surface area (Å²) in [6, 6.07) is 5.70. The van der Waals surface area contributed by atoms with Crippen LogP contribution in [0, 0.1) is 6.92 Å². The molecule has 1 saturated heterocycles. The van der Waals surface area contributed by atoms with E-state index in [-0.39, 0.29) is 6.10 Å². The van der Waals surface area contributed by atoms with Crippen molar-refractivity contribution < 1.29 is 14.6 Å². The number of aromatic carboxylic acids is 1. The van der Waals surface area contributed by atoms with Crippen LogP contribution in [0.4, 0.5) is 5.69 Å². The van der Waals surface area contributed by atoms with Gasteiger partial charge in [0.1, 0.15) is 0 Å². The Hall–Kier alpha value is -1.55. The average molecular weight is 249 g/mol. The van der Waals surface area contributed by atoms with Crippen molar-refractivity contribution in [1.82, 2.24) is 0 Å². The van der Waals surface area contributed by atoms with Crippen molar-refractivity contribution in [3.05, 3.63) is 29.3 Å². The average Bonchev–Trinajstić information content (AvgIpc) is 2.31. The van der Waals surface area contributed by atoms with E-state index in [1.165, 1.54) is 0 Å². The molecular weight excluding hydrogens is 230 g/mol.